The first kappa shape index (κ1) is 23.1. The van der Waals surface area contributed by atoms with E-state index < -0.39 is 10.0 Å². The molecule has 1 heterocycles. The van der Waals surface area contributed by atoms with Gasteiger partial charge >= 0.3 is 0 Å². The Balaban J connectivity index is 1.88. The van der Waals surface area contributed by atoms with Crippen LogP contribution in [-0.2, 0) is 10.0 Å². The van der Waals surface area contributed by atoms with Gasteiger partial charge in [-0.2, -0.15) is 0 Å². The summed E-state index contributed by atoms with van der Waals surface area (Å²) in [6, 6.07) is 15.4. The third kappa shape index (κ3) is 6.46. The summed E-state index contributed by atoms with van der Waals surface area (Å²) in [5, 5.41) is 9.55. The molecule has 0 saturated carbocycles. The number of thioether (sulfide) groups is 1. The van der Waals surface area contributed by atoms with Crippen LogP contribution in [0.25, 0.3) is 17.1 Å². The van der Waals surface area contributed by atoms with Gasteiger partial charge in [0.1, 0.15) is 11.5 Å². The Morgan fingerprint density at radius 2 is 1.87 bits per heavy atom. The van der Waals surface area contributed by atoms with E-state index in [0.717, 1.165) is 34.2 Å². The molecule has 0 saturated heterocycles. The van der Waals surface area contributed by atoms with Crippen LogP contribution in [0.2, 0.25) is 0 Å². The minimum absolute atomic E-state index is 0.381. The summed E-state index contributed by atoms with van der Waals surface area (Å²) in [6.45, 7) is 2.93. The molecular weight excluding hydrogens is 436 g/mol. The van der Waals surface area contributed by atoms with Crippen LogP contribution in [0, 0.1) is 0 Å². The number of sulfonamides is 1. The second-order valence-electron chi connectivity index (χ2n) is 6.67. The molecule has 1 aromatic heterocycles. The molecular formula is C21H26N4O4S2. The van der Waals surface area contributed by atoms with E-state index in [1.54, 1.807) is 7.11 Å². The molecule has 0 aliphatic rings. The fraction of sp³-hybridized carbons (Fsp3) is 0.333. The molecule has 0 amide bonds. The average Bonchev–Trinajstić information content (AvgIpc) is 3.17. The largest absolute Gasteiger partial charge is 0.497 e. The Morgan fingerprint density at radius 3 is 2.55 bits per heavy atom. The predicted molar refractivity (Wildman–Crippen MR) is 123 cm³/mol. The highest BCUT2D eigenvalue weighted by molar-refractivity contribution is 7.99. The molecule has 0 aliphatic carbocycles. The van der Waals surface area contributed by atoms with E-state index >= 15 is 0 Å². The van der Waals surface area contributed by atoms with Crippen molar-refractivity contribution in [2.24, 2.45) is 0 Å². The van der Waals surface area contributed by atoms with E-state index in [9.17, 15) is 8.42 Å². The van der Waals surface area contributed by atoms with Crippen molar-refractivity contribution in [3.63, 3.8) is 0 Å². The molecule has 0 fully saturated rings. The maximum Gasteiger partial charge on any atom is 0.208 e. The van der Waals surface area contributed by atoms with Crippen LogP contribution in [-0.4, -0.2) is 55.5 Å². The SMILES string of the molecule is CCOc1ccc(-n2c(SCCCNS(C)(=O)=O)nnc2-c2cccc(OC)c2)cc1. The monoisotopic (exact) mass is 462 g/mol. The van der Waals surface area contributed by atoms with E-state index in [1.165, 1.54) is 11.8 Å². The minimum Gasteiger partial charge on any atom is -0.497 e. The maximum atomic E-state index is 11.2. The zero-order valence-electron chi connectivity index (χ0n) is 17.7. The van der Waals surface area contributed by atoms with E-state index in [4.69, 9.17) is 9.47 Å². The number of benzene rings is 2. The van der Waals surface area contributed by atoms with E-state index in [1.807, 2.05) is 60.0 Å². The van der Waals surface area contributed by atoms with Crippen molar-refractivity contribution in [3.05, 3.63) is 48.5 Å². The lowest BCUT2D eigenvalue weighted by atomic mass is 10.2. The quantitative estimate of drug-likeness (QED) is 0.345. The van der Waals surface area contributed by atoms with Crippen LogP contribution >= 0.6 is 11.8 Å². The Morgan fingerprint density at radius 1 is 1.10 bits per heavy atom. The molecule has 0 bridgehead atoms. The fourth-order valence-corrected chi connectivity index (χ4v) is 4.30. The number of ether oxygens (including phenoxy) is 2. The fourth-order valence-electron chi connectivity index (χ4n) is 2.90. The summed E-state index contributed by atoms with van der Waals surface area (Å²) < 4.78 is 37.9. The molecule has 3 rings (SSSR count). The van der Waals surface area contributed by atoms with Gasteiger partial charge in [0.05, 0.1) is 20.0 Å². The van der Waals surface area contributed by atoms with Gasteiger partial charge < -0.3 is 9.47 Å². The van der Waals surface area contributed by atoms with Crippen molar-refractivity contribution in [3.8, 4) is 28.6 Å². The van der Waals surface area contributed by atoms with Gasteiger partial charge in [-0.3, -0.25) is 4.57 Å². The number of aromatic nitrogens is 3. The van der Waals surface area contributed by atoms with Crippen LogP contribution in [0.1, 0.15) is 13.3 Å². The van der Waals surface area contributed by atoms with Crippen molar-refractivity contribution < 1.29 is 17.9 Å². The van der Waals surface area contributed by atoms with Gasteiger partial charge in [-0.1, -0.05) is 23.9 Å². The summed E-state index contributed by atoms with van der Waals surface area (Å²) in [5.41, 5.74) is 1.79. The first-order valence-corrected chi connectivity index (χ1v) is 12.7. The lowest BCUT2D eigenvalue weighted by Crippen LogP contribution is -2.23. The predicted octanol–water partition coefficient (Wildman–Crippen LogP) is 3.37. The van der Waals surface area contributed by atoms with Crippen molar-refractivity contribution >= 4 is 21.8 Å². The summed E-state index contributed by atoms with van der Waals surface area (Å²) in [4.78, 5) is 0. The van der Waals surface area contributed by atoms with E-state index in [2.05, 4.69) is 14.9 Å². The first-order chi connectivity index (χ1) is 14.9. The highest BCUT2D eigenvalue weighted by Gasteiger charge is 2.17. The van der Waals surface area contributed by atoms with E-state index in [0.29, 0.717) is 31.1 Å². The molecule has 0 aliphatic heterocycles. The van der Waals surface area contributed by atoms with Crippen LogP contribution in [0.4, 0.5) is 0 Å². The lowest BCUT2D eigenvalue weighted by molar-refractivity contribution is 0.340. The molecule has 0 unspecified atom stereocenters. The molecule has 2 aromatic carbocycles. The first-order valence-electron chi connectivity index (χ1n) is 9.82. The third-order valence-electron chi connectivity index (χ3n) is 4.28. The van der Waals surface area contributed by atoms with Gasteiger partial charge in [-0.05, 0) is 49.7 Å². The van der Waals surface area contributed by atoms with Crippen LogP contribution < -0.4 is 14.2 Å². The maximum absolute atomic E-state index is 11.2. The molecule has 166 valence electrons. The van der Waals surface area contributed by atoms with Crippen LogP contribution in [0.15, 0.2) is 53.7 Å². The van der Waals surface area contributed by atoms with Crippen molar-refractivity contribution in [1.82, 2.24) is 19.5 Å². The zero-order chi connectivity index (χ0) is 22.3. The molecule has 31 heavy (non-hydrogen) atoms. The molecule has 1 N–H and O–H groups in total. The second-order valence-corrected chi connectivity index (χ2v) is 9.56. The number of nitrogens with one attached hydrogen (secondary N) is 1. The third-order valence-corrected chi connectivity index (χ3v) is 6.03. The van der Waals surface area contributed by atoms with Gasteiger partial charge in [-0.25, -0.2) is 13.1 Å². The van der Waals surface area contributed by atoms with Gasteiger partial charge in [0.2, 0.25) is 10.0 Å². The second kappa shape index (κ2) is 10.7. The summed E-state index contributed by atoms with van der Waals surface area (Å²) in [6.07, 6.45) is 1.82. The smallest absolute Gasteiger partial charge is 0.208 e. The van der Waals surface area contributed by atoms with Crippen molar-refractivity contribution in [2.45, 2.75) is 18.5 Å². The van der Waals surface area contributed by atoms with Gasteiger partial charge in [0, 0.05) is 23.5 Å². The average molecular weight is 463 g/mol. The Kier molecular flexibility index (Phi) is 7.94. The summed E-state index contributed by atoms with van der Waals surface area (Å²) in [5.74, 6) is 2.92. The molecule has 0 radical (unpaired) electrons. The van der Waals surface area contributed by atoms with Crippen molar-refractivity contribution in [2.75, 3.05) is 32.3 Å². The number of methoxy groups -OCH3 is 1. The molecule has 0 spiro atoms. The van der Waals surface area contributed by atoms with Gasteiger partial charge in [-0.15, -0.1) is 10.2 Å². The van der Waals surface area contributed by atoms with Crippen LogP contribution in [0.3, 0.4) is 0 Å². The van der Waals surface area contributed by atoms with E-state index in [-0.39, 0.29) is 0 Å². The topological polar surface area (TPSA) is 95.3 Å². The zero-order valence-corrected chi connectivity index (χ0v) is 19.4. The molecule has 0 atom stereocenters. The Hall–Kier alpha value is -2.56. The minimum atomic E-state index is -3.18. The lowest BCUT2D eigenvalue weighted by Gasteiger charge is -2.12. The van der Waals surface area contributed by atoms with Gasteiger partial charge in [0.15, 0.2) is 11.0 Å². The number of hydrogen-bond acceptors (Lipinski definition) is 7. The molecule has 3 aromatic rings. The highest BCUT2D eigenvalue weighted by Crippen LogP contribution is 2.30. The Labute approximate surface area is 187 Å². The molecule has 10 heteroatoms. The summed E-state index contributed by atoms with van der Waals surface area (Å²) in [7, 11) is -1.56. The summed E-state index contributed by atoms with van der Waals surface area (Å²) >= 11 is 1.52. The highest BCUT2D eigenvalue weighted by atomic mass is 32.2. The number of hydrogen-bond donors (Lipinski definition) is 1. The number of nitrogens with zero attached hydrogens (tertiary/aromatic N) is 3. The normalized spacial score (nSPS) is 11.5. The van der Waals surface area contributed by atoms with Crippen molar-refractivity contribution in [1.29, 1.82) is 0 Å². The van der Waals surface area contributed by atoms with Gasteiger partial charge in [0.25, 0.3) is 0 Å². The standard InChI is InChI=1S/C21H26N4O4S2/c1-4-29-18-11-9-17(10-12-18)25-20(16-7-5-8-19(15-16)28-2)23-24-21(25)30-14-6-13-22-31(3,26)27/h5,7-12,15,22H,4,6,13-14H2,1-3H3. The number of rotatable bonds is 11. The molecule has 8 nitrogen and oxygen atoms in total. The van der Waals surface area contributed by atoms with Crippen LogP contribution in [0.5, 0.6) is 11.5 Å². The Bertz CT molecular complexity index is 1100.